The number of nitriles is 2. The molecule has 0 amide bonds. The van der Waals surface area contributed by atoms with Gasteiger partial charge in [0.1, 0.15) is 0 Å². The van der Waals surface area contributed by atoms with E-state index in [9.17, 15) is 10.5 Å². The van der Waals surface area contributed by atoms with Crippen molar-refractivity contribution in [3.8, 4) is 79.1 Å². The minimum atomic E-state index is -4.91. The summed E-state index contributed by atoms with van der Waals surface area (Å²) in [5.74, 6) is 0. The summed E-state index contributed by atoms with van der Waals surface area (Å²) in [5, 5.41) is 23.5. The van der Waals surface area contributed by atoms with Crippen LogP contribution in [0.4, 0.5) is 35.9 Å². The van der Waals surface area contributed by atoms with Crippen molar-refractivity contribution in [2.24, 2.45) is 0 Å². The van der Waals surface area contributed by atoms with E-state index in [0.29, 0.717) is 78.2 Å². The Kier molecular flexibility index (Phi) is 11.4. The Hall–Kier alpha value is -11.5. The van der Waals surface area contributed by atoms with E-state index < -0.39 is 11.7 Å². The lowest BCUT2D eigenvalue weighted by molar-refractivity contribution is -0.137. The zero-order chi connectivity index (χ0) is 53.8. The van der Waals surface area contributed by atoms with Gasteiger partial charge in [-0.25, -0.2) is 19.4 Å². The number of aromatic nitrogens is 2. The highest BCUT2D eigenvalue weighted by atomic mass is 19.4. The zero-order valence-electron chi connectivity index (χ0n) is 40.8. The number of hydrogen-bond acceptors (Lipinski definition) is 2. The molecule has 0 saturated carbocycles. The molecule has 0 fully saturated rings. The monoisotopic (exact) mass is 1010 g/mol. The van der Waals surface area contributed by atoms with Crippen molar-refractivity contribution in [1.82, 2.24) is 9.13 Å². The summed E-state index contributed by atoms with van der Waals surface area (Å²) in [6.45, 7) is 32.3. The van der Waals surface area contributed by atoms with E-state index in [2.05, 4.69) is 31.5 Å². The van der Waals surface area contributed by atoms with Gasteiger partial charge in [-0.05, 0) is 134 Å². The predicted molar refractivity (Wildman–Crippen MR) is 302 cm³/mol. The van der Waals surface area contributed by atoms with Gasteiger partial charge in [0.05, 0.1) is 88.6 Å². The fourth-order valence-electron chi connectivity index (χ4n) is 10.8. The van der Waals surface area contributed by atoms with E-state index in [4.69, 9.17) is 26.3 Å². The molecule has 2 aromatic heterocycles. The Balaban J connectivity index is 1.24. The summed E-state index contributed by atoms with van der Waals surface area (Å²) in [5.41, 5.74) is 9.53. The molecule has 0 radical (unpaired) electrons. The highest BCUT2D eigenvalue weighted by Gasteiger charge is 2.35. The van der Waals surface area contributed by atoms with Crippen LogP contribution in [0.5, 0.6) is 0 Å². The lowest BCUT2D eigenvalue weighted by Gasteiger charge is -2.21. The molecule has 2 heterocycles. The second-order valence-electron chi connectivity index (χ2n) is 18.5. The van der Waals surface area contributed by atoms with E-state index in [1.165, 1.54) is 12.1 Å². The van der Waals surface area contributed by atoms with E-state index in [1.807, 2.05) is 137 Å². The Morgan fingerprint density at radius 3 is 1.14 bits per heavy atom. The average Bonchev–Trinajstić information content (AvgIpc) is 4.22. The van der Waals surface area contributed by atoms with Crippen LogP contribution in [0.3, 0.4) is 0 Å². The minimum absolute atomic E-state index is 0.0148. The first-order chi connectivity index (χ1) is 38.0. The molecule has 0 saturated heterocycles. The molecule has 0 atom stereocenters. The molecule has 0 N–H and O–H groups in total. The number of alkyl halides is 3. The number of para-hydroxylation sites is 2. The maximum Gasteiger partial charge on any atom is 0.415 e. The van der Waals surface area contributed by atoms with Gasteiger partial charge in [-0.3, -0.25) is 0 Å². The Bertz CT molecular complexity index is 4590. The van der Waals surface area contributed by atoms with Crippen LogP contribution < -0.4 is 0 Å². The topological polar surface area (TPSA) is 74.9 Å². The number of benzene rings is 10. The zero-order valence-corrected chi connectivity index (χ0v) is 40.8. The van der Waals surface area contributed by atoms with Crippen molar-refractivity contribution in [1.29, 1.82) is 10.5 Å². The number of nitrogens with zero attached hydrogens (tertiary/aromatic N) is 8. The average molecular weight is 1010 g/mol. The third-order valence-electron chi connectivity index (χ3n) is 14.3. The van der Waals surface area contributed by atoms with Crippen molar-refractivity contribution in [2.75, 3.05) is 0 Å². The van der Waals surface area contributed by atoms with Crippen LogP contribution in [-0.4, -0.2) is 9.13 Å². The molecular formula is C67H33F3N8. The van der Waals surface area contributed by atoms with Crippen LogP contribution in [0.15, 0.2) is 200 Å². The van der Waals surface area contributed by atoms with Crippen molar-refractivity contribution in [3.05, 3.63) is 263 Å². The molecule has 12 aromatic rings. The summed E-state index contributed by atoms with van der Waals surface area (Å²) in [7, 11) is 0. The molecule has 0 aliphatic carbocycles. The molecule has 12 rings (SSSR count). The lowest BCUT2D eigenvalue weighted by Crippen LogP contribution is -2.08. The van der Waals surface area contributed by atoms with Crippen molar-refractivity contribution in [2.45, 2.75) is 6.18 Å². The van der Waals surface area contributed by atoms with E-state index in [1.54, 1.807) is 54.6 Å². The predicted octanol–water partition coefficient (Wildman–Crippen LogP) is 19.2. The number of hydrogen-bond donors (Lipinski definition) is 0. The standard InChI is InChI=1S/C67H33F3N8/c1-73-46-25-26-51(57(35-46)67(68,69)70)52-36-65(77-61-27-21-40(47-15-7-5-13-44(47)38-71)31-53(61)55-33-42(23-29-62(55)77)49-17-9-11-19-58(49)74-2)66(37-60(52)76-4)78-63-28-22-41(48-16-8-6-14-45(48)39-72)32-54(63)56-34-43(24-30-64(56)78)50-18-10-12-20-59(50)75-3/h5-37H. The highest BCUT2D eigenvalue weighted by molar-refractivity contribution is 6.15. The van der Waals surface area contributed by atoms with E-state index in [-0.39, 0.29) is 22.5 Å². The fourth-order valence-corrected chi connectivity index (χ4v) is 10.8. The van der Waals surface area contributed by atoms with Crippen LogP contribution in [0.1, 0.15) is 16.7 Å². The lowest BCUT2D eigenvalue weighted by atomic mass is 9.95. The van der Waals surface area contributed by atoms with Crippen LogP contribution in [0.2, 0.25) is 0 Å². The largest absolute Gasteiger partial charge is 0.415 e. The normalized spacial score (nSPS) is 11.2. The van der Waals surface area contributed by atoms with Gasteiger partial charge < -0.3 is 9.13 Å². The molecule has 0 unspecified atom stereocenters. The fraction of sp³-hybridized carbons (Fsp3) is 0.0149. The summed E-state index contributed by atoms with van der Waals surface area (Å²) in [6.07, 6.45) is -4.91. The number of rotatable bonds is 7. The van der Waals surface area contributed by atoms with Gasteiger partial charge in [0, 0.05) is 21.5 Å². The van der Waals surface area contributed by atoms with Crippen LogP contribution in [0.25, 0.3) is 130 Å². The molecule has 78 heavy (non-hydrogen) atoms. The first-order valence-electron chi connectivity index (χ1n) is 24.3. The van der Waals surface area contributed by atoms with Gasteiger partial charge in [0.2, 0.25) is 0 Å². The Labute approximate surface area is 445 Å². The molecule has 8 nitrogen and oxygen atoms in total. The van der Waals surface area contributed by atoms with Gasteiger partial charge in [0.25, 0.3) is 0 Å². The third kappa shape index (κ3) is 7.73. The van der Waals surface area contributed by atoms with Gasteiger partial charge in [-0.2, -0.15) is 23.7 Å². The maximum absolute atomic E-state index is 15.3. The summed E-state index contributed by atoms with van der Waals surface area (Å²) in [6, 6.07) is 63.9. The van der Waals surface area contributed by atoms with Crippen LogP contribution in [0, 0.1) is 49.0 Å². The van der Waals surface area contributed by atoms with Gasteiger partial charge >= 0.3 is 6.18 Å². The number of halogens is 3. The summed E-state index contributed by atoms with van der Waals surface area (Å²) in [4.78, 5) is 14.9. The maximum atomic E-state index is 15.3. The first kappa shape index (κ1) is 47.5. The van der Waals surface area contributed by atoms with Gasteiger partial charge in [-0.15, -0.1) is 0 Å². The molecule has 0 aliphatic heterocycles. The quantitative estimate of drug-likeness (QED) is 0.149. The summed E-state index contributed by atoms with van der Waals surface area (Å²) >= 11 is 0. The molecule has 0 bridgehead atoms. The van der Waals surface area contributed by atoms with Gasteiger partial charge in [-0.1, -0.05) is 121 Å². The molecule has 0 spiro atoms. The van der Waals surface area contributed by atoms with Crippen molar-refractivity contribution < 1.29 is 13.2 Å². The Morgan fingerprint density at radius 1 is 0.359 bits per heavy atom. The van der Waals surface area contributed by atoms with Crippen molar-refractivity contribution >= 4 is 66.4 Å². The highest BCUT2D eigenvalue weighted by Crippen LogP contribution is 2.49. The molecule has 11 heteroatoms. The smallest absolute Gasteiger partial charge is 0.308 e. The molecule has 10 aromatic carbocycles. The summed E-state index contributed by atoms with van der Waals surface area (Å²) < 4.78 is 50.0. The van der Waals surface area contributed by atoms with Crippen LogP contribution in [-0.2, 0) is 6.18 Å². The van der Waals surface area contributed by atoms with Crippen molar-refractivity contribution in [3.63, 3.8) is 0 Å². The SMILES string of the molecule is [C-]#[N+]c1ccc(-c2cc(-n3c4ccc(-c5ccccc5C#N)cc4c4cc(-c5ccccc5[N+]#[C-])ccc43)c(-n3c4ccc(-c5ccccc5C#N)cc4c4cc(-c5ccccc5[N+]#[C-])ccc43)cc2[N+]#[C-])c(C(F)(F)F)c1. The minimum Gasteiger partial charge on any atom is -0.308 e. The molecular weight excluding hydrogens is 974 g/mol. The first-order valence-corrected chi connectivity index (χ1v) is 24.3. The second-order valence-corrected chi connectivity index (χ2v) is 18.5. The molecule has 362 valence electrons. The number of fused-ring (bicyclic) bond motifs is 6. The van der Waals surface area contributed by atoms with Gasteiger partial charge in [0.15, 0.2) is 22.7 Å². The van der Waals surface area contributed by atoms with Crippen LogP contribution >= 0.6 is 0 Å². The Morgan fingerprint density at radius 2 is 0.744 bits per heavy atom. The molecule has 0 aliphatic rings. The second kappa shape index (κ2) is 18.8. The van der Waals surface area contributed by atoms with E-state index >= 15 is 13.2 Å². The van der Waals surface area contributed by atoms with E-state index in [0.717, 1.165) is 49.9 Å². The third-order valence-corrected chi connectivity index (χ3v) is 14.3.